The molecule has 0 saturated carbocycles. The van der Waals surface area contributed by atoms with Gasteiger partial charge in [0.2, 0.25) is 0 Å². The molecule has 1 atom stereocenters. The second kappa shape index (κ2) is 5.82. The summed E-state index contributed by atoms with van der Waals surface area (Å²) in [7, 11) is 0. The Bertz CT molecular complexity index is 422. The number of urea groups is 1. The van der Waals surface area contributed by atoms with Crippen LogP contribution in [-0.2, 0) is 0 Å². The number of rotatable bonds is 2. The number of piperidine rings is 1. The molecular formula is C13H19N3O2. The predicted octanol–water partition coefficient (Wildman–Crippen LogP) is 1.63. The Kier molecular flexibility index (Phi) is 4.15. The van der Waals surface area contributed by atoms with Gasteiger partial charge in [0.15, 0.2) is 0 Å². The van der Waals surface area contributed by atoms with Crippen molar-refractivity contribution in [3.8, 4) is 0 Å². The molecule has 1 aromatic rings. The van der Waals surface area contributed by atoms with Crippen molar-refractivity contribution >= 4 is 11.8 Å². The van der Waals surface area contributed by atoms with E-state index in [0.717, 1.165) is 25.1 Å². The number of nitrogens with one attached hydrogen (secondary N) is 1. The fourth-order valence-electron chi connectivity index (χ4n) is 2.20. The number of aliphatic hydroxyl groups excluding tert-OH is 1. The number of aromatic nitrogens is 1. The molecule has 1 aliphatic rings. The van der Waals surface area contributed by atoms with Gasteiger partial charge in [-0.1, -0.05) is 6.07 Å². The summed E-state index contributed by atoms with van der Waals surface area (Å²) in [6.45, 7) is 3.40. The molecule has 5 heteroatoms. The fraction of sp³-hybridized carbons (Fsp3) is 0.538. The molecule has 2 amide bonds. The number of amides is 2. The molecule has 18 heavy (non-hydrogen) atoms. The molecule has 2 heterocycles. The predicted molar refractivity (Wildman–Crippen MR) is 69.4 cm³/mol. The fourth-order valence-corrected chi connectivity index (χ4v) is 2.20. The monoisotopic (exact) mass is 249 g/mol. The molecule has 5 nitrogen and oxygen atoms in total. The van der Waals surface area contributed by atoms with Crippen molar-refractivity contribution in [1.29, 1.82) is 0 Å². The summed E-state index contributed by atoms with van der Waals surface area (Å²) in [5.74, 6) is 0.779. The van der Waals surface area contributed by atoms with Crippen LogP contribution in [0.4, 0.5) is 10.6 Å². The zero-order valence-corrected chi connectivity index (χ0v) is 10.6. The number of nitrogens with zero attached hydrogens (tertiary/aromatic N) is 2. The van der Waals surface area contributed by atoms with E-state index in [2.05, 4.69) is 10.3 Å². The SMILES string of the molecule is Cc1cccc(NC(=O)N2CCC[C@H](CO)C2)n1. The lowest BCUT2D eigenvalue weighted by Crippen LogP contribution is -2.43. The molecule has 0 aromatic carbocycles. The molecule has 1 aromatic heterocycles. The normalized spacial score (nSPS) is 19.7. The number of carbonyl (C=O) groups is 1. The highest BCUT2D eigenvalue weighted by atomic mass is 16.3. The largest absolute Gasteiger partial charge is 0.396 e. The first kappa shape index (κ1) is 12.8. The maximum atomic E-state index is 12.0. The highest BCUT2D eigenvalue weighted by molar-refractivity contribution is 5.88. The van der Waals surface area contributed by atoms with Gasteiger partial charge in [0.25, 0.3) is 0 Å². The minimum Gasteiger partial charge on any atom is -0.396 e. The van der Waals surface area contributed by atoms with Crippen LogP contribution in [0.1, 0.15) is 18.5 Å². The molecule has 0 unspecified atom stereocenters. The van der Waals surface area contributed by atoms with Crippen LogP contribution in [0.5, 0.6) is 0 Å². The third kappa shape index (κ3) is 3.20. The molecule has 0 bridgehead atoms. The lowest BCUT2D eigenvalue weighted by Gasteiger charge is -2.31. The van der Waals surface area contributed by atoms with Gasteiger partial charge >= 0.3 is 6.03 Å². The Balaban J connectivity index is 1.95. The summed E-state index contributed by atoms with van der Waals surface area (Å²) in [6, 6.07) is 5.40. The molecule has 1 aliphatic heterocycles. The number of aliphatic hydroxyl groups is 1. The third-order valence-corrected chi connectivity index (χ3v) is 3.19. The molecule has 1 saturated heterocycles. The molecule has 2 rings (SSSR count). The highest BCUT2D eigenvalue weighted by Crippen LogP contribution is 2.16. The number of pyridine rings is 1. The number of hydrogen-bond donors (Lipinski definition) is 2. The maximum absolute atomic E-state index is 12.0. The van der Waals surface area contributed by atoms with E-state index in [4.69, 9.17) is 5.11 Å². The maximum Gasteiger partial charge on any atom is 0.323 e. The summed E-state index contributed by atoms with van der Waals surface area (Å²) in [5, 5.41) is 11.9. The number of anilines is 1. The van der Waals surface area contributed by atoms with Gasteiger partial charge in [-0.05, 0) is 37.8 Å². The smallest absolute Gasteiger partial charge is 0.323 e. The van der Waals surface area contributed by atoms with Crippen molar-refractivity contribution in [2.45, 2.75) is 19.8 Å². The zero-order valence-electron chi connectivity index (χ0n) is 10.6. The summed E-state index contributed by atoms with van der Waals surface area (Å²) >= 11 is 0. The van der Waals surface area contributed by atoms with Gasteiger partial charge < -0.3 is 10.0 Å². The van der Waals surface area contributed by atoms with E-state index in [1.54, 1.807) is 11.0 Å². The van der Waals surface area contributed by atoms with Crippen LogP contribution >= 0.6 is 0 Å². The Hall–Kier alpha value is -1.62. The Morgan fingerprint density at radius 1 is 1.61 bits per heavy atom. The van der Waals surface area contributed by atoms with Crippen LogP contribution in [0.2, 0.25) is 0 Å². The van der Waals surface area contributed by atoms with Crippen molar-refractivity contribution in [1.82, 2.24) is 9.88 Å². The van der Waals surface area contributed by atoms with Crippen molar-refractivity contribution in [2.24, 2.45) is 5.92 Å². The number of hydrogen-bond acceptors (Lipinski definition) is 3. The van der Waals surface area contributed by atoms with Crippen LogP contribution in [0, 0.1) is 12.8 Å². The van der Waals surface area contributed by atoms with E-state index in [9.17, 15) is 4.79 Å². The lowest BCUT2D eigenvalue weighted by molar-refractivity contribution is 0.136. The first-order valence-electron chi connectivity index (χ1n) is 6.29. The van der Waals surface area contributed by atoms with E-state index < -0.39 is 0 Å². The first-order valence-corrected chi connectivity index (χ1v) is 6.29. The van der Waals surface area contributed by atoms with Crippen molar-refractivity contribution in [3.63, 3.8) is 0 Å². The Morgan fingerprint density at radius 2 is 2.44 bits per heavy atom. The number of likely N-dealkylation sites (tertiary alicyclic amines) is 1. The zero-order chi connectivity index (χ0) is 13.0. The molecule has 0 radical (unpaired) electrons. The van der Waals surface area contributed by atoms with Crippen LogP contribution in [0.25, 0.3) is 0 Å². The summed E-state index contributed by atoms with van der Waals surface area (Å²) in [5.41, 5.74) is 0.875. The minimum absolute atomic E-state index is 0.133. The van der Waals surface area contributed by atoms with Crippen LogP contribution in [0.15, 0.2) is 18.2 Å². The first-order chi connectivity index (χ1) is 8.69. The van der Waals surface area contributed by atoms with Gasteiger partial charge in [-0.25, -0.2) is 9.78 Å². The van der Waals surface area contributed by atoms with Crippen LogP contribution in [-0.4, -0.2) is 40.7 Å². The standard InChI is InChI=1S/C13H19N3O2/c1-10-4-2-6-12(14-10)15-13(18)16-7-3-5-11(8-16)9-17/h2,4,6,11,17H,3,5,7-9H2,1H3,(H,14,15,18)/t11-/m0/s1. The van der Waals surface area contributed by atoms with Gasteiger partial charge in [-0.3, -0.25) is 5.32 Å². The average molecular weight is 249 g/mol. The van der Waals surface area contributed by atoms with Gasteiger partial charge in [0, 0.05) is 25.4 Å². The van der Waals surface area contributed by atoms with E-state index in [1.807, 2.05) is 19.1 Å². The average Bonchev–Trinajstić information content (AvgIpc) is 2.39. The van der Waals surface area contributed by atoms with Crippen molar-refractivity contribution in [2.75, 3.05) is 25.0 Å². The highest BCUT2D eigenvalue weighted by Gasteiger charge is 2.23. The second-order valence-corrected chi connectivity index (χ2v) is 4.73. The quantitative estimate of drug-likeness (QED) is 0.837. The van der Waals surface area contributed by atoms with Gasteiger partial charge in [0.05, 0.1) is 0 Å². The number of carbonyl (C=O) groups excluding carboxylic acids is 1. The molecular weight excluding hydrogens is 230 g/mol. The molecule has 98 valence electrons. The Morgan fingerprint density at radius 3 is 3.17 bits per heavy atom. The van der Waals surface area contributed by atoms with Crippen molar-refractivity contribution < 1.29 is 9.90 Å². The van der Waals surface area contributed by atoms with E-state index in [-0.39, 0.29) is 18.6 Å². The number of aryl methyl sites for hydroxylation is 1. The summed E-state index contributed by atoms with van der Waals surface area (Å²) in [6.07, 6.45) is 1.93. The molecule has 2 N–H and O–H groups in total. The molecule has 0 aliphatic carbocycles. The van der Waals surface area contributed by atoms with Gasteiger partial charge in [-0.2, -0.15) is 0 Å². The van der Waals surface area contributed by atoms with Crippen LogP contribution in [0.3, 0.4) is 0 Å². The van der Waals surface area contributed by atoms with Gasteiger partial charge in [-0.15, -0.1) is 0 Å². The van der Waals surface area contributed by atoms with Gasteiger partial charge in [0.1, 0.15) is 5.82 Å². The van der Waals surface area contributed by atoms with Crippen molar-refractivity contribution in [3.05, 3.63) is 23.9 Å². The van der Waals surface area contributed by atoms with Crippen LogP contribution < -0.4 is 5.32 Å². The topological polar surface area (TPSA) is 65.5 Å². The summed E-state index contributed by atoms with van der Waals surface area (Å²) in [4.78, 5) is 18.0. The Labute approximate surface area is 107 Å². The second-order valence-electron chi connectivity index (χ2n) is 4.73. The van der Waals surface area contributed by atoms with E-state index >= 15 is 0 Å². The lowest BCUT2D eigenvalue weighted by atomic mass is 9.99. The van der Waals surface area contributed by atoms with E-state index in [0.29, 0.717) is 12.4 Å². The summed E-state index contributed by atoms with van der Waals surface area (Å²) < 4.78 is 0. The molecule has 1 fully saturated rings. The van der Waals surface area contributed by atoms with E-state index in [1.165, 1.54) is 0 Å². The third-order valence-electron chi connectivity index (χ3n) is 3.19. The minimum atomic E-state index is -0.133. The molecule has 0 spiro atoms.